The SMILES string of the molecule is CC/C=C/C/C=C/C/C=C/C/C=C/C/C=C/CCC(=O)OC(COCCC(C(=O)[O-])[N+](C)(C)C)COC(=O)CCCCCCCCC/C=C/C/C=C/CC. The third-order valence-corrected chi connectivity index (χ3v) is 8.54. The molecule has 0 radical (unpaired) electrons. The van der Waals surface area contributed by atoms with Crippen molar-refractivity contribution in [3.63, 3.8) is 0 Å². The Hall–Kier alpha value is -3.49. The van der Waals surface area contributed by atoms with Crippen LogP contribution in [-0.4, -0.2) is 75.5 Å². The van der Waals surface area contributed by atoms with Crippen molar-refractivity contribution in [3.05, 3.63) is 85.1 Å². The number of ether oxygens (including phenoxy) is 3. The fourth-order valence-corrected chi connectivity index (χ4v) is 5.39. The molecule has 0 N–H and O–H groups in total. The van der Waals surface area contributed by atoms with Gasteiger partial charge in [0.2, 0.25) is 0 Å². The number of hydrogen-bond donors (Lipinski definition) is 0. The van der Waals surface area contributed by atoms with Crippen molar-refractivity contribution in [2.75, 3.05) is 41.0 Å². The number of likely N-dealkylation sites (N-methyl/N-ethyl adjacent to an activating group) is 1. The molecule has 0 bridgehead atoms. The van der Waals surface area contributed by atoms with E-state index >= 15 is 0 Å². The molecule has 0 aromatic rings. The first-order valence-electron chi connectivity index (χ1n) is 20.6. The lowest BCUT2D eigenvalue weighted by atomic mass is 10.1. The highest BCUT2D eigenvalue weighted by atomic mass is 16.6. The molecule has 0 fully saturated rings. The first kappa shape index (κ1) is 50.5. The zero-order valence-corrected chi connectivity index (χ0v) is 34.6. The van der Waals surface area contributed by atoms with Gasteiger partial charge in [-0.15, -0.1) is 0 Å². The normalized spacial score (nSPS) is 13.9. The summed E-state index contributed by atoms with van der Waals surface area (Å²) in [6.07, 6.45) is 46.2. The molecule has 0 saturated carbocycles. The Morgan fingerprint density at radius 1 is 0.556 bits per heavy atom. The van der Waals surface area contributed by atoms with Gasteiger partial charge in [-0.2, -0.15) is 0 Å². The Labute approximate surface area is 329 Å². The van der Waals surface area contributed by atoms with Gasteiger partial charge in [-0.05, 0) is 70.6 Å². The second kappa shape index (κ2) is 36.5. The van der Waals surface area contributed by atoms with Crippen LogP contribution in [0.25, 0.3) is 0 Å². The summed E-state index contributed by atoms with van der Waals surface area (Å²) in [4.78, 5) is 36.7. The Bertz CT molecular complexity index is 1160. The van der Waals surface area contributed by atoms with Gasteiger partial charge in [0, 0.05) is 19.3 Å². The van der Waals surface area contributed by atoms with Gasteiger partial charge in [-0.25, -0.2) is 0 Å². The fraction of sp³-hybridized carbons (Fsp3) is 0.630. The van der Waals surface area contributed by atoms with Crippen LogP contribution < -0.4 is 5.11 Å². The standard InChI is InChI=1S/C46H75NO7/c1-6-8-10-12-14-16-18-20-22-23-25-27-29-31-33-35-37-45(49)54-42(40-52-39-38-43(46(50)51)47(3,4)5)41-53-44(48)36-34-32-30-28-26-24-21-19-17-15-13-11-9-7-2/h8-11,14-17,20,22,25,27,31,33,42-43H,6-7,12-13,18-19,21,23-24,26,28-30,32,34-41H2,1-5H3/b10-8+,11-9+,16-14+,17-15+,22-20+,27-25+,33-31+. The molecular weight excluding hydrogens is 679 g/mol. The third kappa shape index (κ3) is 34.3. The van der Waals surface area contributed by atoms with E-state index in [0.29, 0.717) is 12.8 Å². The van der Waals surface area contributed by atoms with Gasteiger partial charge in [0.25, 0.3) is 0 Å². The van der Waals surface area contributed by atoms with Crippen LogP contribution in [0.1, 0.15) is 136 Å². The van der Waals surface area contributed by atoms with Crippen molar-refractivity contribution in [1.29, 1.82) is 0 Å². The van der Waals surface area contributed by atoms with Crippen molar-refractivity contribution < 1.29 is 38.2 Å². The lowest BCUT2D eigenvalue weighted by Gasteiger charge is -2.34. The number of rotatable bonds is 35. The molecule has 0 aliphatic rings. The molecule has 0 saturated heterocycles. The van der Waals surface area contributed by atoms with E-state index in [1.54, 1.807) is 21.1 Å². The molecule has 0 aliphatic heterocycles. The lowest BCUT2D eigenvalue weighted by Crippen LogP contribution is -2.55. The monoisotopic (exact) mass is 754 g/mol. The number of unbranched alkanes of at least 4 members (excludes halogenated alkanes) is 7. The fourth-order valence-electron chi connectivity index (χ4n) is 5.39. The zero-order valence-electron chi connectivity index (χ0n) is 34.6. The van der Waals surface area contributed by atoms with E-state index in [1.165, 1.54) is 25.7 Å². The van der Waals surface area contributed by atoms with Crippen LogP contribution in [0, 0.1) is 0 Å². The van der Waals surface area contributed by atoms with Crippen LogP contribution in [0.3, 0.4) is 0 Å². The summed E-state index contributed by atoms with van der Waals surface area (Å²) in [6, 6.07) is -0.743. The molecule has 2 unspecified atom stereocenters. The minimum absolute atomic E-state index is 0.00327. The maximum atomic E-state index is 12.7. The van der Waals surface area contributed by atoms with Crippen LogP contribution in [0.4, 0.5) is 0 Å². The van der Waals surface area contributed by atoms with Crippen LogP contribution in [0.15, 0.2) is 85.1 Å². The lowest BCUT2D eigenvalue weighted by molar-refractivity contribution is -0.889. The number of nitrogens with zero attached hydrogens (tertiary/aromatic N) is 1. The van der Waals surface area contributed by atoms with Gasteiger partial charge in [-0.1, -0.05) is 131 Å². The molecule has 0 rings (SSSR count). The first-order chi connectivity index (χ1) is 26.1. The highest BCUT2D eigenvalue weighted by Gasteiger charge is 2.25. The van der Waals surface area contributed by atoms with Gasteiger partial charge >= 0.3 is 11.9 Å². The minimum atomic E-state index is -1.14. The van der Waals surface area contributed by atoms with Gasteiger partial charge < -0.3 is 28.6 Å². The molecule has 54 heavy (non-hydrogen) atoms. The van der Waals surface area contributed by atoms with Crippen LogP contribution >= 0.6 is 0 Å². The predicted molar refractivity (Wildman–Crippen MR) is 222 cm³/mol. The number of hydrogen-bond acceptors (Lipinski definition) is 7. The quantitative estimate of drug-likeness (QED) is 0.0275. The number of carboxylic acid groups (broad SMARTS) is 1. The van der Waals surface area contributed by atoms with Gasteiger partial charge in [-0.3, -0.25) is 9.59 Å². The summed E-state index contributed by atoms with van der Waals surface area (Å²) in [5, 5.41) is 11.6. The third-order valence-electron chi connectivity index (χ3n) is 8.54. The van der Waals surface area contributed by atoms with Gasteiger partial charge in [0.05, 0.1) is 40.3 Å². The van der Waals surface area contributed by atoms with Crippen molar-refractivity contribution in [1.82, 2.24) is 0 Å². The number of quaternary nitrogens is 1. The average molecular weight is 754 g/mol. The number of carbonyl (C=O) groups is 3. The molecule has 306 valence electrons. The van der Waals surface area contributed by atoms with Gasteiger partial charge in [0.1, 0.15) is 12.6 Å². The van der Waals surface area contributed by atoms with E-state index in [1.807, 2.05) is 12.2 Å². The van der Waals surface area contributed by atoms with E-state index < -0.39 is 24.1 Å². The first-order valence-corrected chi connectivity index (χ1v) is 20.6. The smallest absolute Gasteiger partial charge is 0.306 e. The van der Waals surface area contributed by atoms with Crippen molar-refractivity contribution >= 4 is 17.9 Å². The molecule has 0 heterocycles. The number of carboxylic acids is 1. The molecule has 0 aromatic heterocycles. The van der Waals surface area contributed by atoms with Crippen LogP contribution in [-0.2, 0) is 28.6 Å². The van der Waals surface area contributed by atoms with E-state index in [-0.39, 0.29) is 43.1 Å². The van der Waals surface area contributed by atoms with Crippen molar-refractivity contribution in [2.24, 2.45) is 0 Å². The Morgan fingerprint density at radius 3 is 1.52 bits per heavy atom. The maximum absolute atomic E-state index is 12.7. The number of esters is 2. The molecular formula is C46H75NO7. The molecule has 0 spiro atoms. The highest BCUT2D eigenvalue weighted by molar-refractivity contribution is 5.70. The number of aliphatic carboxylic acids is 1. The highest BCUT2D eigenvalue weighted by Crippen LogP contribution is 2.12. The summed E-state index contributed by atoms with van der Waals surface area (Å²) in [5.74, 6) is -1.87. The largest absolute Gasteiger partial charge is 0.544 e. The predicted octanol–water partition coefficient (Wildman–Crippen LogP) is 9.63. The molecule has 8 heteroatoms. The Kier molecular flexibility index (Phi) is 34.1. The summed E-state index contributed by atoms with van der Waals surface area (Å²) >= 11 is 0. The number of allylic oxidation sites excluding steroid dienone is 14. The Balaban J connectivity index is 4.53. The summed E-state index contributed by atoms with van der Waals surface area (Å²) < 4.78 is 17.0. The van der Waals surface area contributed by atoms with Crippen molar-refractivity contribution in [2.45, 2.75) is 148 Å². The van der Waals surface area contributed by atoms with E-state index in [2.05, 4.69) is 86.8 Å². The molecule has 0 aliphatic carbocycles. The van der Waals surface area contributed by atoms with Crippen molar-refractivity contribution in [3.8, 4) is 0 Å². The topological polar surface area (TPSA) is 102 Å². The molecule has 2 atom stereocenters. The van der Waals surface area contributed by atoms with E-state index in [4.69, 9.17) is 14.2 Å². The molecule has 8 nitrogen and oxygen atoms in total. The summed E-state index contributed by atoms with van der Waals surface area (Å²) in [5.41, 5.74) is 0. The number of carbonyl (C=O) groups excluding carboxylic acids is 3. The van der Waals surface area contributed by atoms with Crippen LogP contribution in [0.2, 0.25) is 0 Å². The van der Waals surface area contributed by atoms with Gasteiger partial charge in [0.15, 0.2) is 6.10 Å². The summed E-state index contributed by atoms with van der Waals surface area (Å²) in [6.45, 7) is 4.32. The molecule has 0 aromatic carbocycles. The van der Waals surface area contributed by atoms with E-state index in [0.717, 1.165) is 70.6 Å². The second-order valence-electron chi connectivity index (χ2n) is 14.5. The maximum Gasteiger partial charge on any atom is 0.306 e. The zero-order chi connectivity index (χ0) is 40.0. The summed E-state index contributed by atoms with van der Waals surface area (Å²) in [7, 11) is 5.36. The second-order valence-corrected chi connectivity index (χ2v) is 14.5. The van der Waals surface area contributed by atoms with E-state index in [9.17, 15) is 19.5 Å². The minimum Gasteiger partial charge on any atom is -0.544 e. The molecule has 0 amide bonds. The van der Waals surface area contributed by atoms with Crippen LogP contribution in [0.5, 0.6) is 0 Å². The average Bonchev–Trinajstić information content (AvgIpc) is 3.12. The Morgan fingerprint density at radius 2 is 1.02 bits per heavy atom.